The molecule has 0 bridgehead atoms. The third-order valence-corrected chi connectivity index (χ3v) is 3.90. The molecule has 3 rings (SSSR count). The van der Waals surface area contributed by atoms with Crippen molar-refractivity contribution < 1.29 is 13.9 Å². The molecule has 1 aliphatic carbocycles. The number of hydrogen-bond acceptors (Lipinski definition) is 1. The van der Waals surface area contributed by atoms with E-state index in [1.807, 2.05) is 0 Å². The van der Waals surface area contributed by atoms with E-state index in [-0.39, 0.29) is 11.6 Å². The second-order valence-electron chi connectivity index (χ2n) is 5.12. The van der Waals surface area contributed by atoms with E-state index in [0.29, 0.717) is 24.0 Å². The predicted molar refractivity (Wildman–Crippen MR) is 68.9 cm³/mol. The highest BCUT2D eigenvalue weighted by atomic mass is 19.1. The van der Waals surface area contributed by atoms with Crippen molar-refractivity contribution in [2.24, 2.45) is 0 Å². The van der Waals surface area contributed by atoms with E-state index in [9.17, 15) is 13.9 Å². The van der Waals surface area contributed by atoms with E-state index in [2.05, 4.69) is 0 Å². The van der Waals surface area contributed by atoms with Crippen molar-refractivity contribution in [2.75, 3.05) is 0 Å². The molecule has 0 aromatic heterocycles. The van der Waals surface area contributed by atoms with Gasteiger partial charge in [-0.2, -0.15) is 0 Å². The summed E-state index contributed by atoms with van der Waals surface area (Å²) in [5.74, 6) is -0.610. The largest absolute Gasteiger partial charge is 0.380 e. The van der Waals surface area contributed by atoms with Gasteiger partial charge in [0.25, 0.3) is 0 Å². The minimum absolute atomic E-state index is 0.293. The van der Waals surface area contributed by atoms with Crippen molar-refractivity contribution in [3.63, 3.8) is 0 Å². The van der Waals surface area contributed by atoms with Crippen molar-refractivity contribution >= 4 is 0 Å². The SMILES string of the molecule is Cc1cc(F)ccc1C1(O)CCc2cc(F)ccc21. The first kappa shape index (κ1) is 12.3. The standard InChI is InChI=1S/C16H14F2O/c1-10-8-12(17)2-4-14(10)16(19)7-6-11-9-13(18)3-5-15(11)16/h2-5,8-9,19H,6-7H2,1H3. The number of halogens is 2. The molecule has 2 aromatic carbocycles. The van der Waals surface area contributed by atoms with Crippen LogP contribution in [0.5, 0.6) is 0 Å². The number of aliphatic hydroxyl groups is 1. The normalized spacial score (nSPS) is 21.5. The van der Waals surface area contributed by atoms with Gasteiger partial charge in [-0.1, -0.05) is 12.1 Å². The Hall–Kier alpha value is -1.74. The topological polar surface area (TPSA) is 20.2 Å². The molecular weight excluding hydrogens is 246 g/mol. The number of benzene rings is 2. The third kappa shape index (κ3) is 1.85. The monoisotopic (exact) mass is 260 g/mol. The Morgan fingerprint density at radius 3 is 2.32 bits per heavy atom. The first-order valence-electron chi connectivity index (χ1n) is 6.28. The molecule has 0 heterocycles. The van der Waals surface area contributed by atoms with Crippen molar-refractivity contribution in [3.05, 3.63) is 70.3 Å². The van der Waals surface area contributed by atoms with Crippen LogP contribution in [0.25, 0.3) is 0 Å². The molecule has 1 unspecified atom stereocenters. The lowest BCUT2D eigenvalue weighted by Gasteiger charge is -2.26. The van der Waals surface area contributed by atoms with Crippen LogP contribution in [0.15, 0.2) is 36.4 Å². The van der Waals surface area contributed by atoms with Gasteiger partial charge in [-0.25, -0.2) is 8.78 Å². The van der Waals surface area contributed by atoms with Gasteiger partial charge in [-0.15, -0.1) is 0 Å². The van der Waals surface area contributed by atoms with E-state index in [1.54, 1.807) is 19.1 Å². The fourth-order valence-corrected chi connectivity index (χ4v) is 2.99. The molecule has 1 nitrogen and oxygen atoms in total. The summed E-state index contributed by atoms with van der Waals surface area (Å²) in [5.41, 5.74) is 1.81. The van der Waals surface area contributed by atoms with Gasteiger partial charge >= 0.3 is 0 Å². The molecule has 0 saturated carbocycles. The zero-order valence-corrected chi connectivity index (χ0v) is 10.6. The van der Waals surface area contributed by atoms with Gasteiger partial charge < -0.3 is 5.11 Å². The highest BCUT2D eigenvalue weighted by Crippen LogP contribution is 2.43. The smallest absolute Gasteiger partial charge is 0.123 e. The lowest BCUT2D eigenvalue weighted by molar-refractivity contribution is 0.0822. The Morgan fingerprint density at radius 2 is 1.63 bits per heavy atom. The average Bonchev–Trinajstić information content (AvgIpc) is 2.67. The van der Waals surface area contributed by atoms with Gasteiger partial charge in [0.05, 0.1) is 0 Å². The summed E-state index contributed by atoms with van der Waals surface area (Å²) in [5, 5.41) is 10.9. The fourth-order valence-electron chi connectivity index (χ4n) is 2.99. The molecule has 0 amide bonds. The Balaban J connectivity index is 2.16. The number of hydrogen-bond donors (Lipinski definition) is 1. The molecule has 0 radical (unpaired) electrons. The fraction of sp³-hybridized carbons (Fsp3) is 0.250. The molecule has 1 aliphatic rings. The molecular formula is C16H14F2O. The summed E-state index contributed by atoms with van der Waals surface area (Å²) in [6.45, 7) is 1.78. The van der Waals surface area contributed by atoms with Crippen LogP contribution in [0, 0.1) is 18.6 Å². The maximum absolute atomic E-state index is 13.2. The van der Waals surface area contributed by atoms with Gasteiger partial charge in [0, 0.05) is 0 Å². The maximum atomic E-state index is 13.2. The highest BCUT2D eigenvalue weighted by molar-refractivity contribution is 5.47. The van der Waals surface area contributed by atoms with E-state index in [0.717, 1.165) is 11.1 Å². The number of aryl methyl sites for hydroxylation is 2. The molecule has 98 valence electrons. The second-order valence-corrected chi connectivity index (χ2v) is 5.12. The zero-order valence-electron chi connectivity index (χ0n) is 10.6. The van der Waals surface area contributed by atoms with Crippen molar-refractivity contribution in [1.82, 2.24) is 0 Å². The Labute approximate surface area is 110 Å². The molecule has 0 fully saturated rings. The van der Waals surface area contributed by atoms with Crippen LogP contribution in [0.4, 0.5) is 8.78 Å². The molecule has 19 heavy (non-hydrogen) atoms. The quantitative estimate of drug-likeness (QED) is 0.832. The summed E-state index contributed by atoms with van der Waals surface area (Å²) in [4.78, 5) is 0. The third-order valence-electron chi connectivity index (χ3n) is 3.90. The van der Waals surface area contributed by atoms with Crippen LogP contribution < -0.4 is 0 Å². The van der Waals surface area contributed by atoms with Gasteiger partial charge in [0.1, 0.15) is 17.2 Å². The van der Waals surface area contributed by atoms with E-state index >= 15 is 0 Å². The summed E-state index contributed by atoms with van der Waals surface area (Å²) < 4.78 is 26.4. The van der Waals surface area contributed by atoms with Crippen LogP contribution in [0.3, 0.4) is 0 Å². The van der Waals surface area contributed by atoms with Crippen LogP contribution >= 0.6 is 0 Å². The zero-order chi connectivity index (χ0) is 13.6. The summed E-state index contributed by atoms with van der Waals surface area (Å²) in [6.07, 6.45) is 1.12. The lowest BCUT2D eigenvalue weighted by Crippen LogP contribution is -2.25. The van der Waals surface area contributed by atoms with Crippen molar-refractivity contribution in [1.29, 1.82) is 0 Å². The summed E-state index contributed by atoms with van der Waals surface area (Å²) in [7, 11) is 0. The lowest BCUT2D eigenvalue weighted by atomic mass is 9.85. The van der Waals surface area contributed by atoms with E-state index < -0.39 is 5.60 Å². The van der Waals surface area contributed by atoms with E-state index in [1.165, 1.54) is 24.3 Å². The van der Waals surface area contributed by atoms with Crippen molar-refractivity contribution in [3.8, 4) is 0 Å². The van der Waals surface area contributed by atoms with Gasteiger partial charge in [-0.3, -0.25) is 0 Å². The molecule has 2 aromatic rings. The predicted octanol–water partition coefficient (Wildman–Crippen LogP) is 3.46. The van der Waals surface area contributed by atoms with Crippen LogP contribution in [0.1, 0.15) is 28.7 Å². The minimum atomic E-state index is -1.14. The molecule has 1 N–H and O–H groups in total. The van der Waals surface area contributed by atoms with Crippen LogP contribution in [0.2, 0.25) is 0 Å². The molecule has 0 saturated heterocycles. The highest BCUT2D eigenvalue weighted by Gasteiger charge is 2.39. The van der Waals surface area contributed by atoms with E-state index in [4.69, 9.17) is 0 Å². The molecule has 1 atom stereocenters. The Bertz CT molecular complexity index is 651. The molecule has 0 aliphatic heterocycles. The van der Waals surface area contributed by atoms with Crippen molar-refractivity contribution in [2.45, 2.75) is 25.4 Å². The van der Waals surface area contributed by atoms with Gasteiger partial charge in [0.2, 0.25) is 0 Å². The Morgan fingerprint density at radius 1 is 1.00 bits per heavy atom. The summed E-state index contributed by atoms with van der Waals surface area (Å²) in [6, 6.07) is 8.82. The first-order valence-corrected chi connectivity index (χ1v) is 6.28. The molecule has 3 heteroatoms. The number of fused-ring (bicyclic) bond motifs is 1. The Kier molecular flexibility index (Phi) is 2.68. The van der Waals surface area contributed by atoms with Gasteiger partial charge in [0.15, 0.2) is 0 Å². The van der Waals surface area contributed by atoms with Crippen LogP contribution in [-0.2, 0) is 12.0 Å². The molecule has 0 spiro atoms. The first-order chi connectivity index (χ1) is 9.00. The van der Waals surface area contributed by atoms with Crippen LogP contribution in [-0.4, -0.2) is 5.11 Å². The maximum Gasteiger partial charge on any atom is 0.123 e. The minimum Gasteiger partial charge on any atom is -0.380 e. The summed E-state index contributed by atoms with van der Waals surface area (Å²) >= 11 is 0. The van der Waals surface area contributed by atoms with Gasteiger partial charge in [-0.05, 0) is 66.3 Å². The second kappa shape index (κ2) is 4.14. The average molecular weight is 260 g/mol. The number of rotatable bonds is 1.